The molecule has 4 nitrogen and oxygen atoms in total. The zero-order valence-corrected chi connectivity index (χ0v) is 13.8. The van der Waals surface area contributed by atoms with Gasteiger partial charge in [0.25, 0.3) is 5.91 Å². The third-order valence-corrected chi connectivity index (χ3v) is 3.78. The van der Waals surface area contributed by atoms with Gasteiger partial charge in [-0.2, -0.15) is 0 Å². The van der Waals surface area contributed by atoms with Crippen LogP contribution in [-0.2, 0) is 10.2 Å². The van der Waals surface area contributed by atoms with Gasteiger partial charge in [0.1, 0.15) is 5.82 Å². The van der Waals surface area contributed by atoms with Gasteiger partial charge >= 0.3 is 0 Å². The number of carbonyl (C=O) groups excluding carboxylic acids is 2. The van der Waals surface area contributed by atoms with E-state index in [1.54, 1.807) is 42.5 Å². The Kier molecular flexibility index (Phi) is 5.68. The van der Waals surface area contributed by atoms with Crippen LogP contribution < -0.4 is 10.6 Å². The Hall–Kier alpha value is -2.69. The minimum atomic E-state index is -0.551. The molecule has 0 heterocycles. The first-order valence-corrected chi connectivity index (χ1v) is 7.75. The van der Waals surface area contributed by atoms with Crippen LogP contribution in [0, 0.1) is 5.82 Å². The maximum Gasteiger partial charge on any atom is 0.251 e. The Balaban J connectivity index is 1.85. The molecule has 0 aromatic heterocycles. The van der Waals surface area contributed by atoms with Crippen LogP contribution >= 0.6 is 0 Å². The summed E-state index contributed by atoms with van der Waals surface area (Å²) in [5.41, 5.74) is 0.486. The quantitative estimate of drug-likeness (QED) is 0.856. The molecule has 2 N–H and O–H groups in total. The summed E-state index contributed by atoms with van der Waals surface area (Å²) in [7, 11) is 0. The summed E-state index contributed by atoms with van der Waals surface area (Å²) in [6, 6.07) is 15.2. The third-order valence-electron chi connectivity index (χ3n) is 3.78. The van der Waals surface area contributed by atoms with Crippen molar-refractivity contribution < 1.29 is 14.0 Å². The Bertz CT molecular complexity index is 714. The lowest BCUT2D eigenvalue weighted by molar-refractivity contribution is -0.120. The third kappa shape index (κ3) is 4.65. The summed E-state index contributed by atoms with van der Waals surface area (Å²) < 4.78 is 13.9. The normalized spacial score (nSPS) is 11.0. The summed E-state index contributed by atoms with van der Waals surface area (Å²) in [5.74, 6) is -0.920. The molecule has 24 heavy (non-hydrogen) atoms. The van der Waals surface area contributed by atoms with Crippen molar-refractivity contribution in [2.75, 3.05) is 13.1 Å². The highest BCUT2D eigenvalue weighted by Crippen LogP contribution is 2.24. The van der Waals surface area contributed by atoms with E-state index >= 15 is 0 Å². The first-order chi connectivity index (χ1) is 11.4. The van der Waals surface area contributed by atoms with Crippen molar-refractivity contribution >= 4 is 11.8 Å². The van der Waals surface area contributed by atoms with Crippen LogP contribution in [0.25, 0.3) is 0 Å². The molecule has 2 aromatic carbocycles. The van der Waals surface area contributed by atoms with Crippen LogP contribution in [0.4, 0.5) is 4.39 Å². The lowest BCUT2D eigenvalue weighted by atomic mass is 9.84. The number of hydrogen-bond acceptors (Lipinski definition) is 2. The molecule has 0 radical (unpaired) electrons. The molecule has 0 aliphatic heterocycles. The Labute approximate surface area is 141 Å². The Morgan fingerprint density at radius 1 is 0.958 bits per heavy atom. The van der Waals surface area contributed by atoms with Gasteiger partial charge in [-0.3, -0.25) is 9.59 Å². The number of hydrogen-bond donors (Lipinski definition) is 2. The van der Waals surface area contributed by atoms with Crippen molar-refractivity contribution in [3.05, 3.63) is 71.5 Å². The van der Waals surface area contributed by atoms with Gasteiger partial charge in [-0.15, -0.1) is 0 Å². The average Bonchev–Trinajstić information content (AvgIpc) is 2.59. The van der Waals surface area contributed by atoms with Crippen LogP contribution in [0.15, 0.2) is 54.6 Å². The van der Waals surface area contributed by atoms with Gasteiger partial charge in [0, 0.05) is 17.5 Å². The van der Waals surface area contributed by atoms with Crippen molar-refractivity contribution in [2.45, 2.75) is 19.3 Å². The first kappa shape index (κ1) is 17.7. The van der Waals surface area contributed by atoms with Crippen molar-refractivity contribution in [3.8, 4) is 0 Å². The molecule has 126 valence electrons. The molecule has 5 heteroatoms. The van der Waals surface area contributed by atoms with E-state index in [-0.39, 0.29) is 30.7 Å². The van der Waals surface area contributed by atoms with Gasteiger partial charge in [-0.05, 0) is 23.8 Å². The van der Waals surface area contributed by atoms with Crippen LogP contribution in [0.5, 0.6) is 0 Å². The highest BCUT2D eigenvalue weighted by atomic mass is 19.1. The smallest absolute Gasteiger partial charge is 0.251 e. The molecule has 0 aliphatic rings. The first-order valence-electron chi connectivity index (χ1n) is 7.75. The van der Waals surface area contributed by atoms with Crippen molar-refractivity contribution in [1.82, 2.24) is 10.6 Å². The van der Waals surface area contributed by atoms with Gasteiger partial charge in [-0.25, -0.2) is 4.39 Å². The van der Waals surface area contributed by atoms with Crippen LogP contribution in [0.1, 0.15) is 29.8 Å². The molecule has 0 saturated carbocycles. The summed E-state index contributed by atoms with van der Waals surface area (Å²) in [6.07, 6.45) is 0. The summed E-state index contributed by atoms with van der Waals surface area (Å²) in [6.45, 7) is 3.86. The molecular formula is C19H21FN2O2. The summed E-state index contributed by atoms with van der Waals surface area (Å²) >= 11 is 0. The van der Waals surface area contributed by atoms with Gasteiger partial charge in [0.2, 0.25) is 5.91 Å². The second-order valence-corrected chi connectivity index (χ2v) is 6.19. The fourth-order valence-electron chi connectivity index (χ4n) is 2.34. The molecule has 0 spiro atoms. The van der Waals surface area contributed by atoms with Gasteiger partial charge in [0.15, 0.2) is 0 Å². The molecule has 2 aromatic rings. The second-order valence-electron chi connectivity index (χ2n) is 6.19. The summed E-state index contributed by atoms with van der Waals surface area (Å²) in [5, 5.41) is 5.30. The van der Waals surface area contributed by atoms with E-state index in [2.05, 4.69) is 10.6 Å². The largest absolute Gasteiger partial charge is 0.354 e. The van der Waals surface area contributed by atoms with Gasteiger partial charge in [-0.1, -0.05) is 50.2 Å². The highest BCUT2D eigenvalue weighted by Gasteiger charge is 2.24. The van der Waals surface area contributed by atoms with Crippen molar-refractivity contribution in [3.63, 3.8) is 0 Å². The monoisotopic (exact) mass is 328 g/mol. The van der Waals surface area contributed by atoms with Crippen molar-refractivity contribution in [1.29, 1.82) is 0 Å². The van der Waals surface area contributed by atoms with E-state index < -0.39 is 5.41 Å². The topological polar surface area (TPSA) is 58.2 Å². The van der Waals surface area contributed by atoms with E-state index in [0.29, 0.717) is 11.1 Å². The molecule has 2 amide bonds. The van der Waals surface area contributed by atoms with Gasteiger partial charge < -0.3 is 10.6 Å². The van der Waals surface area contributed by atoms with E-state index in [1.165, 1.54) is 6.07 Å². The lowest BCUT2D eigenvalue weighted by Crippen LogP contribution is -2.42. The molecule has 0 bridgehead atoms. The second kappa shape index (κ2) is 7.73. The van der Waals surface area contributed by atoms with E-state index in [9.17, 15) is 14.0 Å². The number of rotatable bonds is 6. The molecule has 0 atom stereocenters. The van der Waals surface area contributed by atoms with Gasteiger partial charge in [0.05, 0.1) is 6.54 Å². The predicted molar refractivity (Wildman–Crippen MR) is 91.2 cm³/mol. The summed E-state index contributed by atoms with van der Waals surface area (Å²) in [4.78, 5) is 23.8. The number of halogens is 1. The number of benzene rings is 2. The molecule has 0 aliphatic carbocycles. The van der Waals surface area contributed by atoms with Crippen LogP contribution in [0.2, 0.25) is 0 Å². The van der Waals surface area contributed by atoms with Crippen LogP contribution in [-0.4, -0.2) is 24.9 Å². The maximum atomic E-state index is 13.9. The Morgan fingerprint density at radius 2 is 1.58 bits per heavy atom. The fourth-order valence-corrected chi connectivity index (χ4v) is 2.34. The standard InChI is InChI=1S/C19H21FN2O2/c1-19(2,15-10-6-7-11-16(15)20)13-22-17(23)12-21-18(24)14-8-4-3-5-9-14/h3-11H,12-13H2,1-2H3,(H,21,24)(H,22,23). The molecule has 0 unspecified atom stereocenters. The highest BCUT2D eigenvalue weighted by molar-refractivity contribution is 5.96. The number of carbonyl (C=O) groups is 2. The number of amides is 2. The predicted octanol–water partition coefficient (Wildman–Crippen LogP) is 2.65. The molecule has 0 saturated heterocycles. The molecular weight excluding hydrogens is 307 g/mol. The zero-order chi connectivity index (χ0) is 17.6. The zero-order valence-electron chi connectivity index (χ0n) is 13.8. The van der Waals surface area contributed by atoms with E-state index in [1.807, 2.05) is 19.9 Å². The van der Waals surface area contributed by atoms with E-state index in [4.69, 9.17) is 0 Å². The molecule has 2 rings (SSSR count). The lowest BCUT2D eigenvalue weighted by Gasteiger charge is -2.26. The Morgan fingerprint density at radius 3 is 2.25 bits per heavy atom. The fraction of sp³-hybridized carbons (Fsp3) is 0.263. The minimum Gasteiger partial charge on any atom is -0.354 e. The minimum absolute atomic E-state index is 0.124. The SMILES string of the molecule is CC(C)(CNC(=O)CNC(=O)c1ccccc1)c1ccccc1F. The maximum absolute atomic E-state index is 13.9. The molecule has 0 fully saturated rings. The number of nitrogens with one attached hydrogen (secondary N) is 2. The van der Waals surface area contributed by atoms with Crippen molar-refractivity contribution in [2.24, 2.45) is 0 Å². The van der Waals surface area contributed by atoms with E-state index in [0.717, 1.165) is 0 Å². The van der Waals surface area contributed by atoms with Crippen LogP contribution in [0.3, 0.4) is 0 Å². The average molecular weight is 328 g/mol.